The molecule has 0 spiro atoms. The summed E-state index contributed by atoms with van der Waals surface area (Å²) in [5, 5.41) is 5.43. The van der Waals surface area contributed by atoms with Crippen LogP contribution in [0.3, 0.4) is 0 Å². The fourth-order valence-corrected chi connectivity index (χ4v) is 2.85. The molecule has 0 amide bonds. The lowest BCUT2D eigenvalue weighted by atomic mass is 9.97. The second-order valence-corrected chi connectivity index (χ2v) is 4.96. The van der Waals surface area contributed by atoms with Crippen LogP contribution in [0.25, 0.3) is 10.9 Å². The molecule has 1 N–H and O–H groups in total. The molecule has 84 valence electrons. The Hall–Kier alpha value is -0.990. The van der Waals surface area contributed by atoms with Gasteiger partial charge in [0.1, 0.15) is 0 Å². The van der Waals surface area contributed by atoms with Crippen molar-refractivity contribution < 1.29 is 0 Å². The van der Waals surface area contributed by atoms with Gasteiger partial charge >= 0.3 is 0 Å². The Morgan fingerprint density at radius 2 is 2.31 bits per heavy atom. The predicted molar refractivity (Wildman–Crippen MR) is 68.2 cm³/mol. The average molecular weight is 235 g/mol. The van der Waals surface area contributed by atoms with Gasteiger partial charge in [-0.3, -0.25) is 0 Å². The van der Waals surface area contributed by atoms with Crippen LogP contribution in [0.15, 0.2) is 24.4 Å². The van der Waals surface area contributed by atoms with Gasteiger partial charge in [0.05, 0.1) is 5.02 Å². The van der Waals surface area contributed by atoms with Crippen LogP contribution in [0.2, 0.25) is 5.02 Å². The minimum absolute atomic E-state index is 0.653. The lowest BCUT2D eigenvalue weighted by Crippen LogP contribution is -2.07. The molecule has 0 aliphatic carbocycles. The standard InChI is InChI=1S/C13H15ClN2/c1-16-8-12(14)11-6-9(2-3-13(11)16)10-4-5-15-7-10/h2-3,6,8,10,15H,4-5,7H2,1H3. The molecule has 1 fully saturated rings. The monoisotopic (exact) mass is 234 g/mol. The highest BCUT2D eigenvalue weighted by atomic mass is 35.5. The van der Waals surface area contributed by atoms with Crippen LogP contribution in [0.5, 0.6) is 0 Å². The van der Waals surface area contributed by atoms with E-state index in [4.69, 9.17) is 11.6 Å². The molecule has 2 aromatic rings. The summed E-state index contributed by atoms with van der Waals surface area (Å²) in [6, 6.07) is 6.65. The molecule has 16 heavy (non-hydrogen) atoms. The van der Waals surface area contributed by atoms with Gasteiger partial charge in [0.2, 0.25) is 0 Å². The lowest BCUT2D eigenvalue weighted by molar-refractivity contribution is 0.764. The van der Waals surface area contributed by atoms with Gasteiger partial charge in [0.25, 0.3) is 0 Å². The van der Waals surface area contributed by atoms with Gasteiger partial charge in [-0.15, -0.1) is 0 Å². The molecule has 1 unspecified atom stereocenters. The van der Waals surface area contributed by atoms with Crippen molar-refractivity contribution in [2.45, 2.75) is 12.3 Å². The molecule has 0 radical (unpaired) electrons. The van der Waals surface area contributed by atoms with Crippen molar-refractivity contribution in [1.29, 1.82) is 0 Å². The van der Waals surface area contributed by atoms with Crippen molar-refractivity contribution in [2.75, 3.05) is 13.1 Å². The molecule has 1 aromatic carbocycles. The normalized spacial score (nSPS) is 20.8. The number of hydrogen-bond donors (Lipinski definition) is 1. The molecule has 2 heterocycles. The first-order valence-corrected chi connectivity index (χ1v) is 6.08. The van der Waals surface area contributed by atoms with E-state index in [-0.39, 0.29) is 0 Å². The molecule has 1 atom stereocenters. The van der Waals surface area contributed by atoms with Crippen molar-refractivity contribution in [3.05, 3.63) is 35.0 Å². The van der Waals surface area contributed by atoms with Crippen molar-refractivity contribution in [3.8, 4) is 0 Å². The average Bonchev–Trinajstić information content (AvgIpc) is 2.88. The Kier molecular flexibility index (Phi) is 2.41. The van der Waals surface area contributed by atoms with Gasteiger partial charge < -0.3 is 9.88 Å². The predicted octanol–water partition coefficient (Wildman–Crippen LogP) is 2.91. The van der Waals surface area contributed by atoms with Crippen LogP contribution in [0, 0.1) is 0 Å². The largest absolute Gasteiger partial charge is 0.349 e. The number of benzene rings is 1. The van der Waals surface area contributed by atoms with Gasteiger partial charge in [-0.2, -0.15) is 0 Å². The summed E-state index contributed by atoms with van der Waals surface area (Å²) in [4.78, 5) is 0. The lowest BCUT2D eigenvalue weighted by Gasteiger charge is -2.09. The summed E-state index contributed by atoms with van der Waals surface area (Å²) < 4.78 is 2.08. The first-order chi connectivity index (χ1) is 7.75. The Balaban J connectivity index is 2.11. The Labute approximate surface area is 100 Å². The van der Waals surface area contributed by atoms with Gasteiger partial charge in [-0.25, -0.2) is 0 Å². The van der Waals surface area contributed by atoms with Crippen LogP contribution >= 0.6 is 11.6 Å². The van der Waals surface area contributed by atoms with Crippen LogP contribution in [-0.4, -0.2) is 17.7 Å². The Morgan fingerprint density at radius 3 is 3.06 bits per heavy atom. The maximum Gasteiger partial charge on any atom is 0.0661 e. The van der Waals surface area contributed by atoms with E-state index in [1.807, 2.05) is 13.2 Å². The van der Waals surface area contributed by atoms with Gasteiger partial charge in [0, 0.05) is 30.7 Å². The quantitative estimate of drug-likeness (QED) is 0.803. The van der Waals surface area contributed by atoms with E-state index >= 15 is 0 Å². The molecule has 3 rings (SSSR count). The highest BCUT2D eigenvalue weighted by Gasteiger charge is 2.17. The molecule has 0 saturated carbocycles. The summed E-state index contributed by atoms with van der Waals surface area (Å²) in [5.41, 5.74) is 2.62. The van der Waals surface area contributed by atoms with E-state index in [2.05, 4.69) is 28.1 Å². The first-order valence-electron chi connectivity index (χ1n) is 5.71. The highest BCUT2D eigenvalue weighted by molar-refractivity contribution is 6.35. The highest BCUT2D eigenvalue weighted by Crippen LogP contribution is 2.30. The maximum atomic E-state index is 6.22. The zero-order valence-corrected chi connectivity index (χ0v) is 10.1. The molecule has 0 bridgehead atoms. The van der Waals surface area contributed by atoms with Crippen molar-refractivity contribution in [2.24, 2.45) is 7.05 Å². The Bertz CT molecular complexity index is 524. The topological polar surface area (TPSA) is 17.0 Å². The van der Waals surface area contributed by atoms with Crippen LogP contribution in [0.1, 0.15) is 17.9 Å². The van der Waals surface area contributed by atoms with E-state index < -0.39 is 0 Å². The number of nitrogens with one attached hydrogen (secondary N) is 1. The summed E-state index contributed by atoms with van der Waals surface area (Å²) >= 11 is 6.22. The van der Waals surface area contributed by atoms with Gasteiger partial charge in [-0.05, 0) is 36.6 Å². The molecular formula is C13H15ClN2. The third-order valence-electron chi connectivity index (χ3n) is 3.50. The van der Waals surface area contributed by atoms with Gasteiger partial charge in [0.15, 0.2) is 0 Å². The number of aryl methyl sites for hydroxylation is 1. The van der Waals surface area contributed by atoms with Crippen molar-refractivity contribution >= 4 is 22.5 Å². The summed E-state index contributed by atoms with van der Waals surface area (Å²) in [5.74, 6) is 0.653. The second-order valence-electron chi connectivity index (χ2n) is 4.55. The number of nitrogens with zero attached hydrogens (tertiary/aromatic N) is 1. The van der Waals surface area contributed by atoms with E-state index in [0.29, 0.717) is 5.92 Å². The van der Waals surface area contributed by atoms with E-state index in [1.165, 1.54) is 22.9 Å². The van der Waals surface area contributed by atoms with E-state index in [1.54, 1.807) is 0 Å². The van der Waals surface area contributed by atoms with Crippen LogP contribution in [-0.2, 0) is 7.05 Å². The third-order valence-corrected chi connectivity index (χ3v) is 3.80. The molecule has 1 aliphatic rings. The van der Waals surface area contributed by atoms with Crippen LogP contribution in [0.4, 0.5) is 0 Å². The molecule has 3 heteroatoms. The first kappa shape index (κ1) is 10.2. The smallest absolute Gasteiger partial charge is 0.0661 e. The summed E-state index contributed by atoms with van der Waals surface area (Å²) in [7, 11) is 2.03. The maximum absolute atomic E-state index is 6.22. The van der Waals surface area contributed by atoms with Crippen molar-refractivity contribution in [1.82, 2.24) is 9.88 Å². The number of halogens is 1. The summed E-state index contributed by atoms with van der Waals surface area (Å²) in [6.45, 7) is 2.22. The molecule has 1 aromatic heterocycles. The van der Waals surface area contributed by atoms with E-state index in [9.17, 15) is 0 Å². The number of hydrogen-bond acceptors (Lipinski definition) is 1. The third kappa shape index (κ3) is 1.53. The molecular weight excluding hydrogens is 220 g/mol. The minimum Gasteiger partial charge on any atom is -0.349 e. The molecule has 1 aliphatic heterocycles. The van der Waals surface area contributed by atoms with Gasteiger partial charge in [-0.1, -0.05) is 17.7 Å². The van der Waals surface area contributed by atoms with Crippen molar-refractivity contribution in [3.63, 3.8) is 0 Å². The second kappa shape index (κ2) is 3.79. The zero-order chi connectivity index (χ0) is 11.1. The molecule has 1 saturated heterocycles. The molecule has 2 nitrogen and oxygen atoms in total. The van der Waals surface area contributed by atoms with E-state index in [0.717, 1.165) is 18.1 Å². The Morgan fingerprint density at radius 1 is 1.44 bits per heavy atom. The van der Waals surface area contributed by atoms with Crippen LogP contribution < -0.4 is 5.32 Å². The fourth-order valence-electron chi connectivity index (χ4n) is 2.55. The number of fused-ring (bicyclic) bond motifs is 1. The minimum atomic E-state index is 0.653. The summed E-state index contributed by atoms with van der Waals surface area (Å²) in [6.07, 6.45) is 3.21. The fraction of sp³-hybridized carbons (Fsp3) is 0.385. The number of rotatable bonds is 1. The zero-order valence-electron chi connectivity index (χ0n) is 9.33. The SMILES string of the molecule is Cn1cc(Cl)c2cc(C3CCNC3)ccc21. The number of aromatic nitrogens is 1.